The highest BCUT2D eigenvalue weighted by Crippen LogP contribution is 2.29. The van der Waals surface area contributed by atoms with Gasteiger partial charge in [-0.3, -0.25) is 10.1 Å². The van der Waals surface area contributed by atoms with Gasteiger partial charge >= 0.3 is 0 Å². The van der Waals surface area contributed by atoms with E-state index < -0.39 is 14.8 Å². The third kappa shape index (κ3) is 5.17. The highest BCUT2D eigenvalue weighted by Gasteiger charge is 2.16. The molecule has 0 fully saturated rings. The number of nitrogens with one attached hydrogen (secondary N) is 1. The van der Waals surface area contributed by atoms with Crippen molar-refractivity contribution in [2.24, 2.45) is 0 Å². The van der Waals surface area contributed by atoms with E-state index in [-0.39, 0.29) is 17.2 Å². The third-order valence-electron chi connectivity index (χ3n) is 4.17. The molecule has 0 aliphatic rings. The van der Waals surface area contributed by atoms with E-state index in [0.29, 0.717) is 16.9 Å². The Morgan fingerprint density at radius 3 is 2.29 bits per heavy atom. The largest absolute Gasteiger partial charge is 0.350 e. The van der Waals surface area contributed by atoms with Gasteiger partial charge in [0.2, 0.25) is 0 Å². The first-order valence-electron chi connectivity index (χ1n) is 8.68. The molecule has 0 atom stereocenters. The van der Waals surface area contributed by atoms with Gasteiger partial charge < -0.3 is 5.32 Å². The molecule has 0 radical (unpaired) electrons. The lowest BCUT2D eigenvalue weighted by Gasteiger charge is -2.10. The minimum atomic E-state index is -3.34. The van der Waals surface area contributed by atoms with E-state index in [9.17, 15) is 18.5 Å². The van der Waals surface area contributed by atoms with Gasteiger partial charge in [0, 0.05) is 11.8 Å². The molecule has 6 nitrogen and oxygen atoms in total. The Kier molecular flexibility index (Phi) is 5.75. The fourth-order valence-electron chi connectivity index (χ4n) is 2.93. The van der Waals surface area contributed by atoms with Gasteiger partial charge in [0.1, 0.15) is 5.69 Å². The fraction of sp³-hybridized carbons (Fsp3) is 0.143. The number of nitro benzene ring substituents is 1. The summed E-state index contributed by atoms with van der Waals surface area (Å²) in [6.45, 7) is 1.79. The van der Waals surface area contributed by atoms with Gasteiger partial charge in [-0.25, -0.2) is 8.42 Å². The number of nitro groups is 1. The van der Waals surface area contributed by atoms with Crippen LogP contribution in [0.25, 0.3) is 0 Å². The molecule has 144 valence electrons. The molecule has 0 saturated heterocycles. The van der Waals surface area contributed by atoms with Crippen LogP contribution in [0.5, 0.6) is 0 Å². The first-order valence-corrected chi connectivity index (χ1v) is 10.5. The van der Waals surface area contributed by atoms with Crippen LogP contribution in [0.3, 0.4) is 0 Å². The van der Waals surface area contributed by atoms with E-state index in [1.54, 1.807) is 55.5 Å². The smallest absolute Gasteiger partial charge is 0.292 e. The quantitative estimate of drug-likeness (QED) is 0.459. The van der Waals surface area contributed by atoms with E-state index in [1.165, 1.54) is 6.07 Å². The number of sulfone groups is 1. The van der Waals surface area contributed by atoms with Crippen LogP contribution in [-0.4, -0.2) is 13.3 Å². The summed E-state index contributed by atoms with van der Waals surface area (Å²) in [6.07, 6.45) is 0. The summed E-state index contributed by atoms with van der Waals surface area (Å²) in [5.41, 5.74) is 3.09. The Hall–Kier alpha value is -3.19. The number of hydrogen-bond acceptors (Lipinski definition) is 5. The monoisotopic (exact) mass is 396 g/mol. The molecule has 0 unspecified atom stereocenters. The van der Waals surface area contributed by atoms with Gasteiger partial charge in [-0.1, -0.05) is 48.5 Å². The van der Waals surface area contributed by atoms with Crippen molar-refractivity contribution in [1.29, 1.82) is 0 Å². The number of hydrogen-bond donors (Lipinski definition) is 1. The van der Waals surface area contributed by atoms with Crippen LogP contribution in [0.4, 0.5) is 17.1 Å². The minimum Gasteiger partial charge on any atom is -0.350 e. The molecule has 3 aromatic carbocycles. The SMILES string of the molecule is Cc1ccc(Nc2cccc(CS(=O)(=O)Cc3ccccc3)c2)c([N+](=O)[O-])c1. The summed E-state index contributed by atoms with van der Waals surface area (Å²) < 4.78 is 25.0. The molecule has 0 amide bonds. The van der Waals surface area contributed by atoms with E-state index in [2.05, 4.69) is 5.32 Å². The molecule has 0 aromatic heterocycles. The second kappa shape index (κ2) is 8.22. The van der Waals surface area contributed by atoms with E-state index >= 15 is 0 Å². The molecule has 3 rings (SSSR count). The number of rotatable bonds is 7. The van der Waals surface area contributed by atoms with Crippen LogP contribution in [0, 0.1) is 17.0 Å². The zero-order valence-electron chi connectivity index (χ0n) is 15.3. The summed E-state index contributed by atoms with van der Waals surface area (Å²) in [7, 11) is -3.34. The molecular formula is C21H20N2O4S. The van der Waals surface area contributed by atoms with Gasteiger partial charge in [-0.2, -0.15) is 0 Å². The topological polar surface area (TPSA) is 89.3 Å². The summed E-state index contributed by atoms with van der Waals surface area (Å²) in [5.74, 6) is -0.137. The van der Waals surface area contributed by atoms with E-state index in [1.807, 2.05) is 18.2 Å². The maximum absolute atomic E-state index is 12.5. The first-order chi connectivity index (χ1) is 13.3. The van der Waals surface area contributed by atoms with Gasteiger partial charge in [0.15, 0.2) is 9.84 Å². The zero-order chi connectivity index (χ0) is 20.1. The second-order valence-electron chi connectivity index (χ2n) is 6.62. The van der Waals surface area contributed by atoms with Gasteiger partial charge in [-0.15, -0.1) is 0 Å². The van der Waals surface area contributed by atoms with Crippen LogP contribution in [-0.2, 0) is 21.3 Å². The van der Waals surface area contributed by atoms with Crippen LogP contribution in [0.1, 0.15) is 16.7 Å². The molecule has 0 aliphatic heterocycles. The maximum atomic E-state index is 12.5. The van der Waals surface area contributed by atoms with Crippen molar-refractivity contribution in [1.82, 2.24) is 0 Å². The summed E-state index contributed by atoms with van der Waals surface area (Å²) >= 11 is 0. The average molecular weight is 396 g/mol. The highest BCUT2D eigenvalue weighted by atomic mass is 32.2. The predicted octanol–water partition coefficient (Wildman–Crippen LogP) is 4.76. The van der Waals surface area contributed by atoms with Crippen molar-refractivity contribution < 1.29 is 13.3 Å². The second-order valence-corrected chi connectivity index (χ2v) is 8.69. The van der Waals surface area contributed by atoms with Crippen LogP contribution >= 0.6 is 0 Å². The zero-order valence-corrected chi connectivity index (χ0v) is 16.1. The lowest BCUT2D eigenvalue weighted by Crippen LogP contribution is -2.08. The number of anilines is 2. The summed E-state index contributed by atoms with van der Waals surface area (Å²) in [6, 6.07) is 20.9. The summed E-state index contributed by atoms with van der Waals surface area (Å²) in [5, 5.41) is 14.3. The predicted molar refractivity (Wildman–Crippen MR) is 110 cm³/mol. The standard InChI is InChI=1S/C21H20N2O4S/c1-16-10-11-20(21(12-16)23(24)25)22-19-9-5-8-18(13-19)15-28(26,27)14-17-6-3-2-4-7-17/h2-13,22H,14-15H2,1H3. The third-order valence-corrected chi connectivity index (χ3v) is 5.72. The first kappa shape index (κ1) is 19.6. The van der Waals surface area contributed by atoms with Gasteiger partial charge in [-0.05, 0) is 41.8 Å². The normalized spacial score (nSPS) is 11.2. The van der Waals surface area contributed by atoms with Crippen LogP contribution in [0.15, 0.2) is 72.8 Å². The van der Waals surface area contributed by atoms with Crippen LogP contribution < -0.4 is 5.32 Å². The Bertz CT molecular complexity index is 1100. The number of nitrogens with zero attached hydrogens (tertiary/aromatic N) is 1. The van der Waals surface area contributed by atoms with Crippen molar-refractivity contribution in [3.63, 3.8) is 0 Å². The molecular weight excluding hydrogens is 376 g/mol. The molecule has 0 aliphatic carbocycles. The van der Waals surface area contributed by atoms with Crippen molar-refractivity contribution in [3.05, 3.63) is 99.6 Å². The Labute approximate surface area is 163 Å². The van der Waals surface area contributed by atoms with Crippen molar-refractivity contribution in [3.8, 4) is 0 Å². The Morgan fingerprint density at radius 1 is 0.893 bits per heavy atom. The molecule has 0 heterocycles. The Balaban J connectivity index is 1.79. The van der Waals surface area contributed by atoms with Crippen LogP contribution in [0.2, 0.25) is 0 Å². The summed E-state index contributed by atoms with van der Waals surface area (Å²) in [4.78, 5) is 10.8. The molecule has 0 bridgehead atoms. The lowest BCUT2D eigenvalue weighted by atomic mass is 10.1. The molecule has 7 heteroatoms. The maximum Gasteiger partial charge on any atom is 0.292 e. The van der Waals surface area contributed by atoms with Crippen molar-refractivity contribution in [2.45, 2.75) is 18.4 Å². The molecule has 0 saturated carbocycles. The van der Waals surface area contributed by atoms with Gasteiger partial charge in [0.05, 0.1) is 16.4 Å². The van der Waals surface area contributed by atoms with Crippen molar-refractivity contribution in [2.75, 3.05) is 5.32 Å². The molecule has 28 heavy (non-hydrogen) atoms. The lowest BCUT2D eigenvalue weighted by molar-refractivity contribution is -0.384. The average Bonchev–Trinajstić information content (AvgIpc) is 2.63. The van der Waals surface area contributed by atoms with Crippen molar-refractivity contribution >= 4 is 26.9 Å². The molecule has 3 aromatic rings. The molecule has 1 N–H and O–H groups in total. The van der Waals surface area contributed by atoms with Gasteiger partial charge in [0.25, 0.3) is 5.69 Å². The van der Waals surface area contributed by atoms with E-state index in [4.69, 9.17) is 0 Å². The molecule has 0 spiro atoms. The minimum absolute atomic E-state index is 0.0258. The number of aryl methyl sites for hydroxylation is 1. The highest BCUT2D eigenvalue weighted by molar-refractivity contribution is 7.89. The van der Waals surface area contributed by atoms with E-state index in [0.717, 1.165) is 11.1 Å². The Morgan fingerprint density at radius 2 is 1.57 bits per heavy atom. The fourth-order valence-corrected chi connectivity index (χ4v) is 4.42. The number of benzene rings is 3.